The van der Waals surface area contributed by atoms with Crippen molar-refractivity contribution >= 4 is 58.5 Å². The molecule has 11 heteroatoms. The van der Waals surface area contributed by atoms with E-state index in [9.17, 15) is 14.4 Å². The molecule has 3 N–H and O–H groups in total. The average Bonchev–Trinajstić information content (AvgIpc) is 3.17. The summed E-state index contributed by atoms with van der Waals surface area (Å²) >= 11 is 13.9. The molecule has 4 heterocycles. The average molecular weight is 522 g/mol. The van der Waals surface area contributed by atoms with Gasteiger partial charge in [0, 0.05) is 46.5 Å². The predicted octanol–water partition coefficient (Wildman–Crippen LogP) is 3.08. The van der Waals surface area contributed by atoms with Crippen LogP contribution in [0.2, 0.25) is 10.0 Å². The van der Waals surface area contributed by atoms with Gasteiger partial charge in [-0.15, -0.1) is 0 Å². The Kier molecular flexibility index (Phi) is 6.54. The monoisotopic (exact) mass is 521 g/mol. The summed E-state index contributed by atoms with van der Waals surface area (Å²) in [6.45, 7) is 5.39. The van der Waals surface area contributed by atoms with Crippen molar-refractivity contribution in [2.24, 2.45) is 5.92 Å². The fourth-order valence-corrected chi connectivity index (χ4v) is 7.19. The van der Waals surface area contributed by atoms with E-state index in [1.165, 1.54) is 17.8 Å². The summed E-state index contributed by atoms with van der Waals surface area (Å²) in [5, 5.41) is 10.4. The highest BCUT2D eigenvalue weighted by Gasteiger charge is 2.51. The third kappa shape index (κ3) is 4.30. The number of hydrogen-bond acceptors (Lipinski definition) is 5. The van der Waals surface area contributed by atoms with Gasteiger partial charge in [-0.2, -0.15) is 0 Å². The number of carbonyl (C=O) groups excluding carboxylic acids is 3. The first-order valence-corrected chi connectivity index (χ1v) is 12.9. The number of halogens is 2. The maximum absolute atomic E-state index is 13.3. The number of thioether (sulfide) groups is 1. The Morgan fingerprint density at radius 3 is 2.71 bits per heavy atom. The minimum atomic E-state index is -0.302. The fraction of sp³-hybridized carbons (Fsp3) is 0.435. The normalized spacial score (nSPS) is 28.4. The van der Waals surface area contributed by atoms with Gasteiger partial charge in [-0.25, -0.2) is 4.79 Å². The number of amides is 4. The van der Waals surface area contributed by atoms with Crippen LogP contribution in [-0.4, -0.2) is 59.8 Å². The lowest BCUT2D eigenvalue weighted by Crippen LogP contribution is -2.62. The Bertz CT molecular complexity index is 1080. The number of piperidine rings is 2. The number of nitrogens with zero attached hydrogens (tertiary/aromatic N) is 2. The molecule has 0 aliphatic carbocycles. The van der Waals surface area contributed by atoms with Crippen LogP contribution in [0.15, 0.2) is 41.5 Å². The molecule has 180 valence electrons. The van der Waals surface area contributed by atoms with Gasteiger partial charge in [0.1, 0.15) is 0 Å². The van der Waals surface area contributed by atoms with Crippen LogP contribution in [0.25, 0.3) is 0 Å². The molecule has 0 radical (unpaired) electrons. The molecule has 3 saturated heterocycles. The maximum Gasteiger partial charge on any atom is 0.326 e. The molecule has 4 aliphatic rings. The van der Waals surface area contributed by atoms with Crippen LogP contribution in [0.1, 0.15) is 19.3 Å². The maximum atomic E-state index is 13.3. The number of rotatable bonds is 4. The highest BCUT2D eigenvalue weighted by atomic mass is 35.5. The van der Waals surface area contributed by atoms with Crippen molar-refractivity contribution < 1.29 is 14.4 Å². The summed E-state index contributed by atoms with van der Waals surface area (Å²) in [5.74, 6) is -0.414. The highest BCUT2D eigenvalue weighted by molar-refractivity contribution is 8.04. The Morgan fingerprint density at radius 2 is 1.97 bits per heavy atom. The molecular formula is C23H25Cl2N5O3S. The van der Waals surface area contributed by atoms with E-state index in [-0.39, 0.29) is 41.2 Å². The zero-order valence-corrected chi connectivity index (χ0v) is 20.7. The summed E-state index contributed by atoms with van der Waals surface area (Å²) in [5.41, 5.74) is 1.30. The third-order valence-electron chi connectivity index (χ3n) is 6.72. The van der Waals surface area contributed by atoms with Gasteiger partial charge in [0.15, 0.2) is 0 Å². The minimum absolute atomic E-state index is 0.0301. The number of anilines is 1. The molecule has 3 fully saturated rings. The smallest absolute Gasteiger partial charge is 0.326 e. The standard InChI is InChI=1S/C23H25Cl2N5O3S/c1-2-17(31)29-7-3-4-14(11-29)27-21(32)20-19-18-16(5-6-26-22(18)34-20)30(23(33)28-19)15-9-12(24)8-13(25)10-15/h2,8-10,14,16,18,22,26H,1,3-7,11H2,(H,27,32)(H,28,33)/t14-,16?,18?,22?/m1/s1. The van der Waals surface area contributed by atoms with Crippen LogP contribution in [0.4, 0.5) is 10.5 Å². The molecule has 4 amide bonds. The number of benzene rings is 1. The van der Waals surface area contributed by atoms with Gasteiger partial charge in [-0.1, -0.05) is 41.5 Å². The molecule has 0 spiro atoms. The summed E-state index contributed by atoms with van der Waals surface area (Å²) in [6, 6.07) is 4.52. The van der Waals surface area contributed by atoms with Gasteiger partial charge in [0.25, 0.3) is 5.91 Å². The molecule has 1 aromatic rings. The van der Waals surface area contributed by atoms with Crippen LogP contribution in [0.3, 0.4) is 0 Å². The summed E-state index contributed by atoms with van der Waals surface area (Å²) in [7, 11) is 0. The van der Waals surface area contributed by atoms with E-state index in [2.05, 4.69) is 22.5 Å². The first kappa shape index (κ1) is 23.5. The minimum Gasteiger partial charge on any atom is -0.347 e. The Labute approximate surface area is 212 Å². The number of likely N-dealkylation sites (tertiary alicyclic amines) is 1. The number of carbonyl (C=O) groups is 3. The van der Waals surface area contributed by atoms with E-state index < -0.39 is 0 Å². The van der Waals surface area contributed by atoms with E-state index in [4.69, 9.17) is 23.2 Å². The van der Waals surface area contributed by atoms with E-state index in [1.54, 1.807) is 28.0 Å². The fourth-order valence-electron chi connectivity index (χ4n) is 5.28. The highest BCUT2D eigenvalue weighted by Crippen LogP contribution is 2.48. The van der Waals surface area contributed by atoms with Gasteiger partial charge in [-0.05, 0) is 50.1 Å². The molecule has 3 unspecified atom stereocenters. The van der Waals surface area contributed by atoms with Crippen molar-refractivity contribution in [2.45, 2.75) is 36.7 Å². The van der Waals surface area contributed by atoms with Gasteiger partial charge in [-0.3, -0.25) is 14.5 Å². The predicted molar refractivity (Wildman–Crippen MR) is 134 cm³/mol. The summed E-state index contributed by atoms with van der Waals surface area (Å²) < 4.78 is 0. The molecule has 34 heavy (non-hydrogen) atoms. The van der Waals surface area contributed by atoms with Crippen LogP contribution in [-0.2, 0) is 9.59 Å². The first-order valence-electron chi connectivity index (χ1n) is 11.3. The molecular weight excluding hydrogens is 497 g/mol. The quantitative estimate of drug-likeness (QED) is 0.529. The lowest BCUT2D eigenvalue weighted by atomic mass is 9.86. The lowest BCUT2D eigenvalue weighted by Gasteiger charge is -2.45. The summed E-state index contributed by atoms with van der Waals surface area (Å²) in [4.78, 5) is 42.5. The molecule has 1 aromatic carbocycles. The van der Waals surface area contributed by atoms with E-state index in [0.29, 0.717) is 39.4 Å². The number of nitrogens with one attached hydrogen (secondary N) is 3. The largest absolute Gasteiger partial charge is 0.347 e. The van der Waals surface area contributed by atoms with E-state index in [1.807, 2.05) is 0 Å². The summed E-state index contributed by atoms with van der Waals surface area (Å²) in [6.07, 6.45) is 3.64. The van der Waals surface area contributed by atoms with Crippen molar-refractivity contribution in [1.29, 1.82) is 0 Å². The van der Waals surface area contributed by atoms with Crippen molar-refractivity contribution in [1.82, 2.24) is 20.9 Å². The topological polar surface area (TPSA) is 93.8 Å². The molecule has 8 nitrogen and oxygen atoms in total. The van der Waals surface area contributed by atoms with Gasteiger partial charge in [0.2, 0.25) is 5.91 Å². The lowest BCUT2D eigenvalue weighted by molar-refractivity contribution is -0.128. The molecule has 0 saturated carbocycles. The van der Waals surface area contributed by atoms with Crippen molar-refractivity contribution in [2.75, 3.05) is 24.5 Å². The van der Waals surface area contributed by atoms with E-state index in [0.717, 1.165) is 25.8 Å². The zero-order chi connectivity index (χ0) is 24.0. The van der Waals surface area contributed by atoms with Gasteiger partial charge >= 0.3 is 6.03 Å². The van der Waals surface area contributed by atoms with Crippen LogP contribution < -0.4 is 20.9 Å². The van der Waals surface area contributed by atoms with Gasteiger partial charge in [0.05, 0.1) is 16.3 Å². The van der Waals surface area contributed by atoms with Crippen LogP contribution in [0.5, 0.6) is 0 Å². The Balaban J connectivity index is 1.39. The number of hydrogen-bond donors (Lipinski definition) is 3. The van der Waals surface area contributed by atoms with Crippen LogP contribution >= 0.6 is 35.0 Å². The Hall–Kier alpha value is -2.20. The van der Waals surface area contributed by atoms with Crippen LogP contribution in [0, 0.1) is 5.92 Å². The second-order valence-electron chi connectivity index (χ2n) is 8.85. The third-order valence-corrected chi connectivity index (χ3v) is 8.51. The molecule has 5 rings (SSSR count). The molecule has 4 atom stereocenters. The molecule has 0 bridgehead atoms. The Morgan fingerprint density at radius 1 is 1.21 bits per heavy atom. The second-order valence-corrected chi connectivity index (χ2v) is 10.9. The van der Waals surface area contributed by atoms with Crippen molar-refractivity contribution in [3.63, 3.8) is 0 Å². The molecule has 0 aromatic heterocycles. The second kappa shape index (κ2) is 9.45. The van der Waals surface area contributed by atoms with Gasteiger partial charge < -0.3 is 20.9 Å². The SMILES string of the molecule is C=CC(=O)N1CCC[C@@H](NC(=O)C2=C3NC(=O)N(c4cc(Cl)cc(Cl)c4)C4CCNC(S2)C34)C1. The first-order chi connectivity index (χ1) is 16.4. The number of urea groups is 1. The van der Waals surface area contributed by atoms with Crippen molar-refractivity contribution in [3.05, 3.63) is 51.5 Å². The zero-order valence-electron chi connectivity index (χ0n) is 18.4. The molecule has 4 aliphatic heterocycles. The van der Waals surface area contributed by atoms with E-state index >= 15 is 0 Å². The van der Waals surface area contributed by atoms with Crippen molar-refractivity contribution in [3.8, 4) is 0 Å².